The zero-order valence-electron chi connectivity index (χ0n) is 13.5. The first-order valence-corrected chi connectivity index (χ1v) is 8.35. The van der Waals surface area contributed by atoms with Crippen LogP contribution in [0.3, 0.4) is 0 Å². The Labute approximate surface area is 141 Å². The quantitative estimate of drug-likeness (QED) is 0.529. The van der Waals surface area contributed by atoms with E-state index in [9.17, 15) is 8.78 Å². The summed E-state index contributed by atoms with van der Waals surface area (Å²) in [7, 11) is 0. The second-order valence-electron chi connectivity index (χ2n) is 6.14. The molecule has 0 heterocycles. The molecule has 125 valence electrons. The molecule has 1 aliphatic rings. The third-order valence-corrected chi connectivity index (χ3v) is 4.47. The van der Waals surface area contributed by atoms with Gasteiger partial charge in [0.15, 0.2) is 0 Å². The largest absolute Gasteiger partial charge is 0.390 e. The van der Waals surface area contributed by atoms with E-state index in [4.69, 9.17) is 4.84 Å². The SMILES string of the molecule is Fc1cccc(F)c1CO/N=[C]\c1cccc(C2CCCCC2)c1. The number of nitrogens with zero attached hydrogens (tertiary/aromatic N) is 1. The minimum absolute atomic E-state index is 0.126. The smallest absolute Gasteiger partial charge is 0.148 e. The van der Waals surface area contributed by atoms with E-state index in [1.54, 1.807) is 0 Å². The average molecular weight is 328 g/mol. The van der Waals surface area contributed by atoms with Crippen molar-refractivity contribution in [2.75, 3.05) is 0 Å². The summed E-state index contributed by atoms with van der Waals surface area (Å²) >= 11 is 0. The molecule has 0 aromatic heterocycles. The van der Waals surface area contributed by atoms with Crippen molar-refractivity contribution >= 4 is 6.21 Å². The number of hydrogen-bond acceptors (Lipinski definition) is 2. The van der Waals surface area contributed by atoms with Crippen molar-refractivity contribution in [2.24, 2.45) is 5.16 Å². The number of halogens is 2. The van der Waals surface area contributed by atoms with Crippen molar-refractivity contribution < 1.29 is 13.6 Å². The van der Waals surface area contributed by atoms with Gasteiger partial charge >= 0.3 is 0 Å². The third kappa shape index (κ3) is 4.19. The molecule has 1 fully saturated rings. The van der Waals surface area contributed by atoms with Gasteiger partial charge in [-0.3, -0.25) is 0 Å². The number of hydrogen-bond donors (Lipinski definition) is 0. The lowest BCUT2D eigenvalue weighted by molar-refractivity contribution is 0.126. The van der Waals surface area contributed by atoms with Gasteiger partial charge in [0.2, 0.25) is 0 Å². The highest BCUT2D eigenvalue weighted by molar-refractivity contribution is 5.79. The van der Waals surface area contributed by atoms with Gasteiger partial charge in [-0.25, -0.2) is 8.78 Å². The lowest BCUT2D eigenvalue weighted by Gasteiger charge is -2.22. The topological polar surface area (TPSA) is 21.6 Å². The van der Waals surface area contributed by atoms with Crippen LogP contribution in [0.1, 0.15) is 54.7 Å². The van der Waals surface area contributed by atoms with Crippen molar-refractivity contribution in [1.82, 2.24) is 0 Å². The van der Waals surface area contributed by atoms with Crippen molar-refractivity contribution in [3.63, 3.8) is 0 Å². The van der Waals surface area contributed by atoms with Crippen molar-refractivity contribution in [3.8, 4) is 0 Å². The summed E-state index contributed by atoms with van der Waals surface area (Å²) in [5.74, 6) is -0.664. The third-order valence-electron chi connectivity index (χ3n) is 4.47. The molecule has 0 bridgehead atoms. The van der Waals surface area contributed by atoms with Gasteiger partial charge in [-0.1, -0.05) is 48.7 Å². The van der Waals surface area contributed by atoms with Gasteiger partial charge in [-0.2, -0.15) is 0 Å². The Morgan fingerprint density at radius 1 is 1.00 bits per heavy atom. The van der Waals surface area contributed by atoms with Crippen LogP contribution in [0.25, 0.3) is 0 Å². The first kappa shape index (κ1) is 16.6. The summed E-state index contributed by atoms with van der Waals surface area (Å²) in [5.41, 5.74) is 1.99. The number of benzene rings is 2. The minimum atomic E-state index is -0.635. The predicted molar refractivity (Wildman–Crippen MR) is 90.0 cm³/mol. The molecular formula is C20H20F2NO. The zero-order valence-corrected chi connectivity index (χ0v) is 13.5. The molecule has 0 spiro atoms. The van der Waals surface area contributed by atoms with Gasteiger partial charge in [0.1, 0.15) is 24.5 Å². The van der Waals surface area contributed by atoms with Gasteiger partial charge in [0.25, 0.3) is 0 Å². The van der Waals surface area contributed by atoms with E-state index in [-0.39, 0.29) is 12.2 Å². The average Bonchev–Trinajstić information content (AvgIpc) is 2.62. The van der Waals surface area contributed by atoms with Crippen LogP contribution in [0.5, 0.6) is 0 Å². The van der Waals surface area contributed by atoms with E-state index in [1.807, 2.05) is 12.1 Å². The fourth-order valence-corrected chi connectivity index (χ4v) is 3.15. The van der Waals surface area contributed by atoms with Crippen LogP contribution in [-0.2, 0) is 11.4 Å². The summed E-state index contributed by atoms with van der Waals surface area (Å²) in [5, 5.41) is 3.72. The maximum Gasteiger partial charge on any atom is 0.148 e. The van der Waals surface area contributed by atoms with E-state index >= 15 is 0 Å². The molecule has 1 aliphatic carbocycles. The molecule has 0 unspecified atom stereocenters. The normalized spacial score (nSPS) is 15.8. The van der Waals surface area contributed by atoms with Crippen LogP contribution >= 0.6 is 0 Å². The molecule has 1 radical (unpaired) electrons. The first-order valence-electron chi connectivity index (χ1n) is 8.35. The highest BCUT2D eigenvalue weighted by Crippen LogP contribution is 2.32. The van der Waals surface area contributed by atoms with E-state index in [2.05, 4.69) is 23.5 Å². The van der Waals surface area contributed by atoms with Crippen LogP contribution in [0.15, 0.2) is 47.6 Å². The molecule has 3 rings (SSSR count). The second kappa shape index (κ2) is 8.04. The lowest BCUT2D eigenvalue weighted by Crippen LogP contribution is -2.04. The highest BCUT2D eigenvalue weighted by Gasteiger charge is 2.15. The van der Waals surface area contributed by atoms with E-state index in [1.165, 1.54) is 55.9 Å². The summed E-state index contributed by atoms with van der Waals surface area (Å²) in [6.45, 7) is -0.256. The Balaban J connectivity index is 1.60. The Morgan fingerprint density at radius 2 is 1.71 bits per heavy atom. The lowest BCUT2D eigenvalue weighted by atomic mass is 9.84. The summed E-state index contributed by atoms with van der Waals surface area (Å²) in [6, 6.07) is 11.8. The Bertz CT molecular complexity index is 688. The van der Waals surface area contributed by atoms with Crippen LogP contribution in [0.2, 0.25) is 0 Å². The molecule has 4 heteroatoms. The Kier molecular flexibility index (Phi) is 5.57. The zero-order chi connectivity index (χ0) is 16.8. The van der Waals surface area contributed by atoms with E-state index in [0.29, 0.717) is 5.92 Å². The molecule has 0 amide bonds. The molecule has 2 nitrogen and oxygen atoms in total. The van der Waals surface area contributed by atoms with Gasteiger partial charge in [0.05, 0.1) is 5.56 Å². The van der Waals surface area contributed by atoms with Crippen molar-refractivity contribution in [3.05, 3.63) is 70.8 Å². The molecule has 0 atom stereocenters. The fourth-order valence-electron chi connectivity index (χ4n) is 3.15. The standard InChI is InChI=1S/C20H20F2NO/c21-19-10-5-11-20(22)18(19)14-24-23-13-15-6-4-9-17(12-15)16-7-2-1-3-8-16/h4-6,9-12,16H,1-3,7-8,14H2. The van der Waals surface area contributed by atoms with Crippen LogP contribution in [0.4, 0.5) is 8.78 Å². The Hall–Kier alpha value is -2.23. The van der Waals surface area contributed by atoms with Gasteiger partial charge in [-0.05, 0) is 42.5 Å². The van der Waals surface area contributed by atoms with Crippen molar-refractivity contribution in [1.29, 1.82) is 0 Å². The summed E-state index contributed by atoms with van der Waals surface area (Å²) in [6.07, 6.45) is 9.13. The molecule has 1 saturated carbocycles. The fraction of sp³-hybridized carbons (Fsp3) is 0.350. The van der Waals surface area contributed by atoms with Gasteiger partial charge in [0, 0.05) is 5.56 Å². The Morgan fingerprint density at radius 3 is 2.46 bits per heavy atom. The maximum absolute atomic E-state index is 13.5. The van der Waals surface area contributed by atoms with Crippen LogP contribution in [0, 0.1) is 11.6 Å². The molecule has 2 aromatic carbocycles. The molecule has 0 aliphatic heterocycles. The summed E-state index contributed by atoms with van der Waals surface area (Å²) < 4.78 is 27.0. The molecular weight excluding hydrogens is 308 g/mol. The van der Waals surface area contributed by atoms with E-state index < -0.39 is 11.6 Å². The van der Waals surface area contributed by atoms with E-state index in [0.717, 1.165) is 5.56 Å². The van der Waals surface area contributed by atoms with Crippen LogP contribution in [-0.4, -0.2) is 6.21 Å². The molecule has 0 saturated heterocycles. The minimum Gasteiger partial charge on any atom is -0.390 e. The van der Waals surface area contributed by atoms with Gasteiger partial charge in [-0.15, -0.1) is 0 Å². The molecule has 24 heavy (non-hydrogen) atoms. The highest BCUT2D eigenvalue weighted by atomic mass is 19.1. The monoisotopic (exact) mass is 328 g/mol. The van der Waals surface area contributed by atoms with Crippen molar-refractivity contribution in [2.45, 2.75) is 44.6 Å². The molecule has 2 aromatic rings. The number of rotatable bonds is 5. The predicted octanol–water partition coefficient (Wildman–Crippen LogP) is 5.44. The second-order valence-corrected chi connectivity index (χ2v) is 6.14. The summed E-state index contributed by atoms with van der Waals surface area (Å²) in [4.78, 5) is 5.00. The first-order chi connectivity index (χ1) is 11.7. The van der Waals surface area contributed by atoms with Crippen LogP contribution < -0.4 is 0 Å². The van der Waals surface area contributed by atoms with Gasteiger partial charge < -0.3 is 4.84 Å². The molecule has 0 N–H and O–H groups in total. The maximum atomic E-state index is 13.5.